The Morgan fingerprint density at radius 3 is 2.67 bits per heavy atom. The second-order valence-corrected chi connectivity index (χ2v) is 8.63. The Morgan fingerprint density at radius 2 is 1.94 bits per heavy atom. The van der Waals surface area contributed by atoms with Crippen molar-refractivity contribution < 1.29 is 18.0 Å². The number of rotatable bonds is 4. The summed E-state index contributed by atoms with van der Waals surface area (Å²) in [6.45, 7) is 3.04. The van der Waals surface area contributed by atoms with Gasteiger partial charge in [-0.2, -0.15) is 18.3 Å². The van der Waals surface area contributed by atoms with E-state index in [0.717, 1.165) is 31.5 Å². The fraction of sp³-hybridized carbons (Fsp3) is 0.292. The molecule has 1 aliphatic rings. The van der Waals surface area contributed by atoms with Crippen molar-refractivity contribution in [3.05, 3.63) is 60.0 Å². The SMILES string of the molecule is C[C@H]1NCCCC1n1nc(-c2ccc(C(=O)Nc3ncccc3C(F)(F)F)cc2)c2c(N)ncnc21. The fourth-order valence-electron chi connectivity index (χ4n) is 4.48. The van der Waals surface area contributed by atoms with Crippen LogP contribution in [-0.2, 0) is 6.18 Å². The molecule has 1 fully saturated rings. The molecule has 5 rings (SSSR count). The lowest BCUT2D eigenvalue weighted by Crippen LogP contribution is -2.40. The summed E-state index contributed by atoms with van der Waals surface area (Å²) in [5.74, 6) is -0.982. The van der Waals surface area contributed by atoms with Crippen LogP contribution in [0, 0.1) is 0 Å². The van der Waals surface area contributed by atoms with Crippen molar-refractivity contribution in [3.8, 4) is 11.3 Å². The summed E-state index contributed by atoms with van der Waals surface area (Å²) >= 11 is 0. The number of piperidine rings is 1. The van der Waals surface area contributed by atoms with E-state index in [1.54, 1.807) is 12.1 Å². The number of amides is 1. The molecule has 4 heterocycles. The number of aromatic nitrogens is 5. The van der Waals surface area contributed by atoms with E-state index < -0.39 is 23.5 Å². The molecule has 0 bridgehead atoms. The van der Waals surface area contributed by atoms with Crippen LogP contribution in [0.2, 0.25) is 0 Å². The third kappa shape index (κ3) is 4.35. The lowest BCUT2D eigenvalue weighted by molar-refractivity contribution is -0.137. The Bertz CT molecular complexity index is 1420. The number of benzene rings is 1. The highest BCUT2D eigenvalue weighted by molar-refractivity contribution is 6.05. The van der Waals surface area contributed by atoms with E-state index in [1.807, 2.05) is 4.68 Å². The second kappa shape index (κ2) is 9.19. The molecule has 36 heavy (non-hydrogen) atoms. The molecule has 0 radical (unpaired) electrons. The zero-order valence-corrected chi connectivity index (χ0v) is 19.3. The molecule has 12 heteroatoms. The van der Waals surface area contributed by atoms with Crippen molar-refractivity contribution in [1.82, 2.24) is 30.0 Å². The number of hydrogen-bond donors (Lipinski definition) is 3. The van der Waals surface area contributed by atoms with Gasteiger partial charge in [0.15, 0.2) is 5.65 Å². The number of carbonyl (C=O) groups excluding carboxylic acids is 1. The molecule has 1 amide bonds. The van der Waals surface area contributed by atoms with E-state index >= 15 is 0 Å². The molecule has 2 atom stereocenters. The van der Waals surface area contributed by atoms with Crippen molar-refractivity contribution in [2.24, 2.45) is 0 Å². The number of fused-ring (bicyclic) bond motifs is 1. The van der Waals surface area contributed by atoms with Gasteiger partial charge in [-0.1, -0.05) is 12.1 Å². The Balaban J connectivity index is 1.47. The largest absolute Gasteiger partial charge is 0.419 e. The Kier molecular flexibility index (Phi) is 6.04. The third-order valence-corrected chi connectivity index (χ3v) is 6.32. The highest BCUT2D eigenvalue weighted by Crippen LogP contribution is 2.35. The summed E-state index contributed by atoms with van der Waals surface area (Å²) < 4.78 is 41.6. The lowest BCUT2D eigenvalue weighted by atomic mass is 10.0. The number of alkyl halides is 3. The summed E-state index contributed by atoms with van der Waals surface area (Å²) in [6, 6.07) is 8.64. The number of hydrogen-bond acceptors (Lipinski definition) is 7. The van der Waals surface area contributed by atoms with Gasteiger partial charge >= 0.3 is 6.18 Å². The van der Waals surface area contributed by atoms with Crippen molar-refractivity contribution in [1.29, 1.82) is 0 Å². The van der Waals surface area contributed by atoms with Crippen LogP contribution in [0.25, 0.3) is 22.3 Å². The van der Waals surface area contributed by atoms with Gasteiger partial charge in [0.2, 0.25) is 0 Å². The van der Waals surface area contributed by atoms with Gasteiger partial charge < -0.3 is 16.4 Å². The number of pyridine rings is 1. The summed E-state index contributed by atoms with van der Waals surface area (Å²) in [7, 11) is 0. The number of halogens is 3. The molecule has 4 aromatic rings. The maximum atomic E-state index is 13.2. The fourth-order valence-corrected chi connectivity index (χ4v) is 4.48. The van der Waals surface area contributed by atoms with E-state index in [1.165, 1.54) is 24.7 Å². The van der Waals surface area contributed by atoms with Crippen molar-refractivity contribution in [2.45, 2.75) is 38.0 Å². The maximum Gasteiger partial charge on any atom is 0.419 e. The van der Waals surface area contributed by atoms with Crippen LogP contribution in [0.15, 0.2) is 48.9 Å². The van der Waals surface area contributed by atoms with E-state index in [0.29, 0.717) is 22.3 Å². The molecule has 0 saturated carbocycles. The smallest absolute Gasteiger partial charge is 0.383 e. The van der Waals surface area contributed by atoms with Crippen LogP contribution in [0.3, 0.4) is 0 Å². The summed E-state index contributed by atoms with van der Waals surface area (Å²) in [5.41, 5.74) is 7.20. The highest BCUT2D eigenvalue weighted by Gasteiger charge is 2.34. The first-order chi connectivity index (χ1) is 17.2. The molecule has 0 aliphatic carbocycles. The van der Waals surface area contributed by atoms with Gasteiger partial charge in [-0.25, -0.2) is 19.6 Å². The normalized spacial score (nSPS) is 18.3. The standard InChI is InChI=1S/C24H23F3N8O/c1-13-17(5-3-10-29-13)35-22-18(20(28)31-12-32-22)19(34-35)14-6-8-15(9-7-14)23(36)33-21-16(24(25,26)27)4-2-11-30-21/h2,4,6-9,11-13,17,29H,3,5,10H2,1H3,(H2,28,31,32)(H,30,33,36)/t13-,17?/m1/s1. The predicted octanol–water partition coefficient (Wildman–Crippen LogP) is 4.05. The van der Waals surface area contributed by atoms with Gasteiger partial charge in [0, 0.05) is 23.4 Å². The Hall–Kier alpha value is -4.06. The van der Waals surface area contributed by atoms with Crippen LogP contribution in [0.4, 0.5) is 24.8 Å². The first-order valence-electron chi connectivity index (χ1n) is 11.4. The van der Waals surface area contributed by atoms with Crippen LogP contribution >= 0.6 is 0 Å². The van der Waals surface area contributed by atoms with Gasteiger partial charge in [-0.3, -0.25) is 4.79 Å². The molecule has 4 N–H and O–H groups in total. The number of anilines is 2. The van der Waals surface area contributed by atoms with Gasteiger partial charge in [-0.15, -0.1) is 0 Å². The molecule has 1 saturated heterocycles. The zero-order valence-electron chi connectivity index (χ0n) is 19.3. The van der Waals surface area contributed by atoms with E-state index in [4.69, 9.17) is 10.8 Å². The van der Waals surface area contributed by atoms with Gasteiger partial charge in [0.25, 0.3) is 5.91 Å². The molecule has 1 unspecified atom stereocenters. The van der Waals surface area contributed by atoms with Crippen LogP contribution in [0.1, 0.15) is 41.7 Å². The van der Waals surface area contributed by atoms with E-state index in [2.05, 4.69) is 32.5 Å². The molecular formula is C24H23F3N8O. The summed E-state index contributed by atoms with van der Waals surface area (Å²) in [5, 5.41) is 11.1. The Morgan fingerprint density at radius 1 is 1.17 bits per heavy atom. The number of nitrogen functional groups attached to an aromatic ring is 1. The average Bonchev–Trinajstić information content (AvgIpc) is 3.25. The Labute approximate surface area is 204 Å². The van der Waals surface area contributed by atoms with Crippen molar-refractivity contribution in [2.75, 3.05) is 17.6 Å². The highest BCUT2D eigenvalue weighted by atomic mass is 19.4. The monoisotopic (exact) mass is 496 g/mol. The minimum atomic E-state index is -4.64. The number of nitrogens with one attached hydrogen (secondary N) is 2. The van der Waals surface area contributed by atoms with Gasteiger partial charge in [0.1, 0.15) is 23.7 Å². The minimum absolute atomic E-state index is 0.0792. The van der Waals surface area contributed by atoms with Crippen molar-refractivity contribution in [3.63, 3.8) is 0 Å². The minimum Gasteiger partial charge on any atom is -0.383 e. The van der Waals surface area contributed by atoms with E-state index in [-0.39, 0.29) is 23.5 Å². The summed E-state index contributed by atoms with van der Waals surface area (Å²) in [6.07, 6.45) is -0.122. The lowest BCUT2D eigenvalue weighted by Gasteiger charge is -2.30. The number of carbonyl (C=O) groups is 1. The first-order valence-corrected chi connectivity index (χ1v) is 11.4. The molecule has 1 aromatic carbocycles. The number of nitrogens with zero attached hydrogens (tertiary/aromatic N) is 5. The first kappa shape index (κ1) is 23.7. The maximum absolute atomic E-state index is 13.2. The topological polar surface area (TPSA) is 124 Å². The molecule has 186 valence electrons. The molecule has 9 nitrogen and oxygen atoms in total. The van der Waals surface area contributed by atoms with Crippen LogP contribution < -0.4 is 16.4 Å². The van der Waals surface area contributed by atoms with Gasteiger partial charge in [0.05, 0.1) is 17.0 Å². The van der Waals surface area contributed by atoms with Crippen molar-refractivity contribution >= 4 is 28.6 Å². The average molecular weight is 496 g/mol. The summed E-state index contributed by atoms with van der Waals surface area (Å²) in [4.78, 5) is 24.9. The molecule has 0 spiro atoms. The quantitative estimate of drug-likeness (QED) is 0.389. The molecule has 1 aliphatic heterocycles. The van der Waals surface area contributed by atoms with Gasteiger partial charge in [-0.05, 0) is 50.6 Å². The van der Waals surface area contributed by atoms with Crippen LogP contribution in [-0.4, -0.2) is 43.2 Å². The molecular weight excluding hydrogens is 473 g/mol. The number of nitrogens with two attached hydrogens (primary N) is 1. The predicted molar refractivity (Wildman–Crippen MR) is 128 cm³/mol. The zero-order chi connectivity index (χ0) is 25.4. The third-order valence-electron chi connectivity index (χ3n) is 6.32. The van der Waals surface area contributed by atoms with E-state index in [9.17, 15) is 18.0 Å². The second-order valence-electron chi connectivity index (χ2n) is 8.63. The molecule has 3 aromatic heterocycles. The van der Waals surface area contributed by atoms with Crippen LogP contribution in [0.5, 0.6) is 0 Å².